The molecule has 1 atom stereocenters. The molecule has 0 saturated carbocycles. The number of hydrogen-bond donors (Lipinski definition) is 2. The molecule has 0 unspecified atom stereocenters. The number of halogens is 1. The number of aromatic nitrogens is 1. The second-order valence-corrected chi connectivity index (χ2v) is 6.66. The summed E-state index contributed by atoms with van der Waals surface area (Å²) in [5, 5.41) is 5.57. The Morgan fingerprint density at radius 2 is 2.00 bits per heavy atom. The molecule has 1 fully saturated rings. The normalized spacial score (nSPS) is 16.0. The molecule has 1 aromatic carbocycles. The van der Waals surface area contributed by atoms with E-state index in [1.54, 1.807) is 30.5 Å². The number of nitrogens with zero attached hydrogens (tertiary/aromatic N) is 3. The summed E-state index contributed by atoms with van der Waals surface area (Å²) in [4.78, 5) is 21.0. The summed E-state index contributed by atoms with van der Waals surface area (Å²) in [5.74, 6) is 0.164. The zero-order valence-corrected chi connectivity index (χ0v) is 15.8. The van der Waals surface area contributed by atoms with Crippen LogP contribution < -0.4 is 15.5 Å². The summed E-state index contributed by atoms with van der Waals surface area (Å²) in [5.41, 5.74) is 1.74. The third-order valence-corrected chi connectivity index (χ3v) is 4.87. The van der Waals surface area contributed by atoms with Gasteiger partial charge in [-0.3, -0.25) is 5.32 Å². The zero-order valence-electron chi connectivity index (χ0n) is 15.8. The van der Waals surface area contributed by atoms with Crippen LogP contribution in [-0.4, -0.2) is 48.6 Å². The molecule has 2 heterocycles. The van der Waals surface area contributed by atoms with Crippen LogP contribution in [0.1, 0.15) is 25.5 Å². The lowest BCUT2D eigenvalue weighted by atomic mass is 10.0. The second-order valence-electron chi connectivity index (χ2n) is 6.66. The van der Waals surface area contributed by atoms with Crippen LogP contribution >= 0.6 is 0 Å². The molecule has 144 valence electrons. The van der Waals surface area contributed by atoms with Gasteiger partial charge in [-0.25, -0.2) is 14.2 Å². The summed E-state index contributed by atoms with van der Waals surface area (Å²) in [6.07, 6.45) is 1.61. The molecule has 2 N–H and O–H groups in total. The SMILES string of the molecule is CCN1CCN(c2ccc(F)cc2[C@@H](C)NC(=O)Nc2ccccn2)CC1. The minimum absolute atomic E-state index is 0.306. The minimum Gasteiger partial charge on any atom is -0.369 e. The molecular formula is C20H26FN5O. The summed E-state index contributed by atoms with van der Waals surface area (Å²) in [6.45, 7) is 8.79. The predicted molar refractivity (Wildman–Crippen MR) is 106 cm³/mol. The van der Waals surface area contributed by atoms with Gasteiger partial charge >= 0.3 is 6.03 Å². The molecule has 2 aromatic rings. The number of nitrogens with one attached hydrogen (secondary N) is 2. The summed E-state index contributed by atoms with van der Waals surface area (Å²) in [7, 11) is 0. The molecule has 0 bridgehead atoms. The van der Waals surface area contributed by atoms with Gasteiger partial charge in [-0.05, 0) is 43.8 Å². The number of rotatable bonds is 5. The summed E-state index contributed by atoms with van der Waals surface area (Å²) >= 11 is 0. The van der Waals surface area contributed by atoms with E-state index in [1.165, 1.54) is 12.1 Å². The predicted octanol–water partition coefficient (Wildman–Crippen LogP) is 3.25. The molecular weight excluding hydrogens is 345 g/mol. The molecule has 1 aromatic heterocycles. The van der Waals surface area contributed by atoms with Gasteiger partial charge in [0.25, 0.3) is 0 Å². The lowest BCUT2D eigenvalue weighted by Gasteiger charge is -2.37. The molecule has 6 nitrogen and oxygen atoms in total. The molecule has 3 rings (SSSR count). The molecule has 0 aliphatic carbocycles. The molecule has 7 heteroatoms. The van der Waals surface area contributed by atoms with Crippen LogP contribution in [0, 0.1) is 5.82 Å². The van der Waals surface area contributed by atoms with Gasteiger partial charge < -0.3 is 15.1 Å². The van der Waals surface area contributed by atoms with Crippen molar-refractivity contribution >= 4 is 17.5 Å². The lowest BCUT2D eigenvalue weighted by Crippen LogP contribution is -2.46. The van der Waals surface area contributed by atoms with Gasteiger partial charge in [0.15, 0.2) is 0 Å². The Morgan fingerprint density at radius 1 is 1.22 bits per heavy atom. The first-order valence-electron chi connectivity index (χ1n) is 9.32. The van der Waals surface area contributed by atoms with Crippen LogP contribution in [0.5, 0.6) is 0 Å². The smallest absolute Gasteiger partial charge is 0.320 e. The Balaban J connectivity index is 1.71. The number of pyridine rings is 1. The highest BCUT2D eigenvalue weighted by Crippen LogP contribution is 2.28. The lowest BCUT2D eigenvalue weighted by molar-refractivity contribution is 0.249. The fourth-order valence-corrected chi connectivity index (χ4v) is 3.33. The first-order chi connectivity index (χ1) is 13.1. The first kappa shape index (κ1) is 19.1. The van der Waals surface area contributed by atoms with Crippen molar-refractivity contribution in [1.29, 1.82) is 0 Å². The van der Waals surface area contributed by atoms with Crippen molar-refractivity contribution in [3.63, 3.8) is 0 Å². The van der Waals surface area contributed by atoms with E-state index in [1.807, 2.05) is 6.92 Å². The van der Waals surface area contributed by atoms with Crippen LogP contribution in [0.3, 0.4) is 0 Å². The van der Waals surface area contributed by atoms with Crippen LogP contribution in [-0.2, 0) is 0 Å². The molecule has 27 heavy (non-hydrogen) atoms. The van der Waals surface area contributed by atoms with Crippen molar-refractivity contribution in [2.24, 2.45) is 0 Å². The standard InChI is InChI=1S/C20H26FN5O/c1-3-25-10-12-26(13-11-25)18-8-7-16(21)14-17(18)15(2)23-20(27)24-19-6-4-5-9-22-19/h4-9,14-15H,3,10-13H2,1-2H3,(H2,22,23,24,27)/t15-/m1/s1. The molecule has 1 aliphatic heterocycles. The topological polar surface area (TPSA) is 60.5 Å². The number of likely N-dealkylation sites (N-methyl/N-ethyl adjacent to an activating group) is 1. The van der Waals surface area contributed by atoms with E-state index in [4.69, 9.17) is 0 Å². The van der Waals surface area contributed by atoms with E-state index in [9.17, 15) is 9.18 Å². The highest BCUT2D eigenvalue weighted by atomic mass is 19.1. The number of carbonyl (C=O) groups excluding carboxylic acids is 1. The number of benzene rings is 1. The maximum absolute atomic E-state index is 13.9. The Labute approximate surface area is 159 Å². The van der Waals surface area contributed by atoms with Crippen LogP contribution in [0.2, 0.25) is 0 Å². The van der Waals surface area contributed by atoms with Crippen molar-refractivity contribution < 1.29 is 9.18 Å². The highest BCUT2D eigenvalue weighted by Gasteiger charge is 2.21. The largest absolute Gasteiger partial charge is 0.369 e. The van der Waals surface area contributed by atoms with Crippen LogP contribution in [0.4, 0.5) is 20.7 Å². The maximum Gasteiger partial charge on any atom is 0.320 e. The number of urea groups is 1. The van der Waals surface area contributed by atoms with Crippen LogP contribution in [0.15, 0.2) is 42.6 Å². The third kappa shape index (κ3) is 4.95. The van der Waals surface area contributed by atoms with Crippen molar-refractivity contribution in [2.75, 3.05) is 42.9 Å². The minimum atomic E-state index is -0.368. The van der Waals surface area contributed by atoms with Crippen molar-refractivity contribution in [3.05, 3.63) is 54.0 Å². The van der Waals surface area contributed by atoms with E-state index in [0.29, 0.717) is 5.82 Å². The monoisotopic (exact) mass is 371 g/mol. The van der Waals surface area contributed by atoms with E-state index in [0.717, 1.165) is 44.0 Å². The molecule has 0 radical (unpaired) electrons. The molecule has 0 spiro atoms. The quantitative estimate of drug-likeness (QED) is 0.847. The van der Waals surface area contributed by atoms with Crippen molar-refractivity contribution in [1.82, 2.24) is 15.2 Å². The van der Waals surface area contributed by atoms with E-state index in [2.05, 4.69) is 32.3 Å². The average molecular weight is 371 g/mol. The zero-order chi connectivity index (χ0) is 19.2. The van der Waals surface area contributed by atoms with Crippen molar-refractivity contribution in [3.8, 4) is 0 Å². The van der Waals surface area contributed by atoms with Gasteiger partial charge in [0, 0.05) is 43.6 Å². The average Bonchev–Trinajstić information content (AvgIpc) is 2.68. The Bertz CT molecular complexity index is 762. The number of hydrogen-bond acceptors (Lipinski definition) is 4. The van der Waals surface area contributed by atoms with Gasteiger partial charge in [-0.15, -0.1) is 0 Å². The Hall–Kier alpha value is -2.67. The number of amides is 2. The highest BCUT2D eigenvalue weighted by molar-refractivity contribution is 5.88. The number of piperazine rings is 1. The van der Waals surface area contributed by atoms with Gasteiger partial charge in [0.1, 0.15) is 11.6 Å². The molecule has 1 saturated heterocycles. The Kier molecular flexibility index (Phi) is 6.24. The van der Waals surface area contributed by atoms with Gasteiger partial charge in [-0.2, -0.15) is 0 Å². The fourth-order valence-electron chi connectivity index (χ4n) is 3.33. The summed E-state index contributed by atoms with van der Waals surface area (Å²) < 4.78 is 13.9. The number of anilines is 2. The van der Waals surface area contributed by atoms with E-state index < -0.39 is 0 Å². The molecule has 2 amide bonds. The summed E-state index contributed by atoms with van der Waals surface area (Å²) in [6, 6.07) is 9.37. The second kappa shape index (κ2) is 8.81. The third-order valence-electron chi connectivity index (χ3n) is 4.87. The van der Waals surface area contributed by atoms with Gasteiger partial charge in [0.2, 0.25) is 0 Å². The van der Waals surface area contributed by atoms with Gasteiger partial charge in [0.05, 0.1) is 6.04 Å². The Morgan fingerprint density at radius 3 is 2.67 bits per heavy atom. The molecule has 1 aliphatic rings. The van der Waals surface area contributed by atoms with Crippen LogP contribution in [0.25, 0.3) is 0 Å². The van der Waals surface area contributed by atoms with Gasteiger partial charge in [-0.1, -0.05) is 13.0 Å². The van der Waals surface area contributed by atoms with E-state index in [-0.39, 0.29) is 17.9 Å². The maximum atomic E-state index is 13.9. The first-order valence-corrected chi connectivity index (χ1v) is 9.32. The van der Waals surface area contributed by atoms with E-state index >= 15 is 0 Å². The fraction of sp³-hybridized carbons (Fsp3) is 0.400. The van der Waals surface area contributed by atoms with Crippen molar-refractivity contribution in [2.45, 2.75) is 19.9 Å². The number of carbonyl (C=O) groups is 1.